The van der Waals surface area contributed by atoms with Gasteiger partial charge in [0.05, 0.1) is 0 Å². The lowest BCUT2D eigenvalue weighted by atomic mass is 10.1. The number of hydrogen-bond donors (Lipinski definition) is 2. The number of pyridine rings is 1. The number of aromatic nitrogens is 1. The van der Waals surface area contributed by atoms with Gasteiger partial charge in [-0.1, -0.05) is 11.2 Å². The second kappa shape index (κ2) is 7.26. The van der Waals surface area contributed by atoms with Crippen molar-refractivity contribution in [2.75, 3.05) is 13.1 Å². The van der Waals surface area contributed by atoms with Crippen molar-refractivity contribution < 1.29 is 4.79 Å². The van der Waals surface area contributed by atoms with Gasteiger partial charge in [-0.3, -0.25) is 9.78 Å². The molecular formula is C11H16N6O. The minimum absolute atomic E-state index is 0.390. The molecule has 0 bridgehead atoms. The van der Waals surface area contributed by atoms with E-state index in [2.05, 4.69) is 20.3 Å². The van der Waals surface area contributed by atoms with Gasteiger partial charge >= 0.3 is 0 Å². The second-order valence-electron chi connectivity index (χ2n) is 3.83. The molecule has 1 aromatic rings. The third-order valence-electron chi connectivity index (χ3n) is 2.40. The standard InChI is InChI=1S/C11H16N6O/c1-8-3-4-9(7-15-8)10(11(12)18)14-5-2-6-16-17-13/h3-4,7,10,14H,2,5-6H2,1H3,(H2,12,18). The molecule has 0 saturated carbocycles. The Morgan fingerprint density at radius 2 is 2.44 bits per heavy atom. The third kappa shape index (κ3) is 4.40. The largest absolute Gasteiger partial charge is 0.368 e. The normalized spacial score (nSPS) is 11.6. The van der Waals surface area contributed by atoms with Gasteiger partial charge in [0.15, 0.2) is 0 Å². The van der Waals surface area contributed by atoms with E-state index in [1.54, 1.807) is 6.20 Å². The summed E-state index contributed by atoms with van der Waals surface area (Å²) in [4.78, 5) is 18.1. The van der Waals surface area contributed by atoms with Crippen LogP contribution in [0.25, 0.3) is 10.4 Å². The van der Waals surface area contributed by atoms with Crippen LogP contribution in [0.15, 0.2) is 23.4 Å². The van der Waals surface area contributed by atoms with Gasteiger partial charge in [0.25, 0.3) is 0 Å². The van der Waals surface area contributed by atoms with Gasteiger partial charge in [-0.15, -0.1) is 0 Å². The number of rotatable bonds is 7. The maximum atomic E-state index is 11.4. The van der Waals surface area contributed by atoms with Crippen molar-refractivity contribution in [2.45, 2.75) is 19.4 Å². The Morgan fingerprint density at radius 3 is 3.00 bits per heavy atom. The minimum Gasteiger partial charge on any atom is -0.368 e. The molecule has 0 spiro atoms. The Hall–Kier alpha value is -2.11. The zero-order valence-electron chi connectivity index (χ0n) is 10.2. The molecule has 1 aromatic heterocycles. The second-order valence-corrected chi connectivity index (χ2v) is 3.83. The third-order valence-corrected chi connectivity index (χ3v) is 2.40. The molecule has 0 aliphatic carbocycles. The van der Waals surface area contributed by atoms with Crippen LogP contribution in [-0.4, -0.2) is 24.0 Å². The molecule has 7 heteroatoms. The summed E-state index contributed by atoms with van der Waals surface area (Å²) in [5, 5.41) is 6.43. The van der Waals surface area contributed by atoms with Crippen molar-refractivity contribution in [3.8, 4) is 0 Å². The topological polar surface area (TPSA) is 117 Å². The number of carbonyl (C=O) groups is 1. The van der Waals surface area contributed by atoms with Crippen molar-refractivity contribution in [3.63, 3.8) is 0 Å². The van der Waals surface area contributed by atoms with Crippen LogP contribution in [0.4, 0.5) is 0 Å². The van der Waals surface area contributed by atoms with E-state index in [0.717, 1.165) is 11.3 Å². The molecule has 0 fully saturated rings. The highest BCUT2D eigenvalue weighted by Crippen LogP contribution is 2.11. The quantitative estimate of drug-likeness (QED) is 0.327. The lowest BCUT2D eigenvalue weighted by Gasteiger charge is -2.15. The average molecular weight is 248 g/mol. The first-order chi connectivity index (χ1) is 8.65. The molecule has 0 aliphatic rings. The Bertz CT molecular complexity index is 437. The highest BCUT2D eigenvalue weighted by Gasteiger charge is 2.16. The Labute approximate surface area is 105 Å². The van der Waals surface area contributed by atoms with E-state index in [4.69, 9.17) is 11.3 Å². The zero-order valence-corrected chi connectivity index (χ0v) is 10.2. The lowest BCUT2D eigenvalue weighted by molar-refractivity contribution is -0.120. The van der Waals surface area contributed by atoms with Crippen LogP contribution in [0.5, 0.6) is 0 Å². The van der Waals surface area contributed by atoms with Gasteiger partial charge in [-0.05, 0) is 37.1 Å². The van der Waals surface area contributed by atoms with Gasteiger partial charge in [-0.25, -0.2) is 0 Å². The molecule has 1 atom stereocenters. The molecule has 1 heterocycles. The molecule has 0 saturated heterocycles. The van der Waals surface area contributed by atoms with E-state index in [1.165, 1.54) is 0 Å². The fourth-order valence-corrected chi connectivity index (χ4v) is 1.47. The van der Waals surface area contributed by atoms with Gasteiger partial charge in [-0.2, -0.15) is 0 Å². The highest BCUT2D eigenvalue weighted by molar-refractivity contribution is 5.81. The number of amides is 1. The molecule has 3 N–H and O–H groups in total. The van der Waals surface area contributed by atoms with Crippen LogP contribution in [0.3, 0.4) is 0 Å². The first kappa shape index (κ1) is 14.0. The van der Waals surface area contributed by atoms with E-state index in [-0.39, 0.29) is 0 Å². The Morgan fingerprint density at radius 1 is 1.67 bits per heavy atom. The van der Waals surface area contributed by atoms with E-state index < -0.39 is 11.9 Å². The predicted octanol–water partition coefficient (Wildman–Crippen LogP) is 1.21. The molecular weight excluding hydrogens is 232 g/mol. The number of nitrogens with one attached hydrogen (secondary N) is 1. The molecule has 1 rings (SSSR count). The van der Waals surface area contributed by atoms with Crippen molar-refractivity contribution in [2.24, 2.45) is 10.8 Å². The summed E-state index contributed by atoms with van der Waals surface area (Å²) in [5.41, 5.74) is 15.1. The van der Waals surface area contributed by atoms with E-state index in [0.29, 0.717) is 19.5 Å². The van der Waals surface area contributed by atoms with Crippen LogP contribution in [-0.2, 0) is 4.79 Å². The van der Waals surface area contributed by atoms with Crippen LogP contribution < -0.4 is 11.1 Å². The SMILES string of the molecule is Cc1ccc(C(NCCCN=[N+]=[N-])C(N)=O)cn1. The van der Waals surface area contributed by atoms with Gasteiger partial charge in [0.2, 0.25) is 5.91 Å². The molecule has 96 valence electrons. The molecule has 0 aliphatic heterocycles. The summed E-state index contributed by atoms with van der Waals surface area (Å²) in [5.74, 6) is -0.454. The molecule has 18 heavy (non-hydrogen) atoms. The van der Waals surface area contributed by atoms with Crippen LogP contribution in [0, 0.1) is 6.92 Å². The summed E-state index contributed by atoms with van der Waals surface area (Å²) in [6, 6.07) is 3.08. The van der Waals surface area contributed by atoms with Gasteiger partial charge < -0.3 is 11.1 Å². The zero-order chi connectivity index (χ0) is 13.4. The summed E-state index contributed by atoms with van der Waals surface area (Å²) < 4.78 is 0. The fourth-order valence-electron chi connectivity index (χ4n) is 1.47. The van der Waals surface area contributed by atoms with Gasteiger partial charge in [0.1, 0.15) is 6.04 Å². The number of carbonyl (C=O) groups excluding carboxylic acids is 1. The minimum atomic E-state index is -0.566. The van der Waals surface area contributed by atoms with E-state index >= 15 is 0 Å². The highest BCUT2D eigenvalue weighted by atomic mass is 16.1. The molecule has 1 unspecified atom stereocenters. The Kier molecular flexibility index (Phi) is 5.63. The van der Waals surface area contributed by atoms with Crippen molar-refractivity contribution in [1.82, 2.24) is 10.3 Å². The van der Waals surface area contributed by atoms with E-state index in [9.17, 15) is 4.79 Å². The van der Waals surface area contributed by atoms with E-state index in [1.807, 2.05) is 19.1 Å². The van der Waals surface area contributed by atoms with Crippen molar-refractivity contribution in [3.05, 3.63) is 40.0 Å². The number of primary amides is 1. The smallest absolute Gasteiger partial charge is 0.239 e. The average Bonchev–Trinajstić information content (AvgIpc) is 2.35. The summed E-state index contributed by atoms with van der Waals surface area (Å²) in [6.07, 6.45) is 2.28. The first-order valence-electron chi connectivity index (χ1n) is 5.61. The van der Waals surface area contributed by atoms with Crippen LogP contribution in [0.1, 0.15) is 23.7 Å². The number of aryl methyl sites for hydroxylation is 1. The lowest BCUT2D eigenvalue weighted by Crippen LogP contribution is -2.34. The number of nitrogens with zero attached hydrogens (tertiary/aromatic N) is 4. The maximum Gasteiger partial charge on any atom is 0.239 e. The number of hydrogen-bond acceptors (Lipinski definition) is 4. The molecule has 7 nitrogen and oxygen atoms in total. The molecule has 1 amide bonds. The molecule has 0 radical (unpaired) electrons. The summed E-state index contributed by atoms with van der Waals surface area (Å²) >= 11 is 0. The van der Waals surface area contributed by atoms with Crippen LogP contribution >= 0.6 is 0 Å². The number of azide groups is 1. The number of nitrogens with two attached hydrogens (primary N) is 1. The van der Waals surface area contributed by atoms with Crippen LogP contribution in [0.2, 0.25) is 0 Å². The Balaban J connectivity index is 2.57. The summed E-state index contributed by atoms with van der Waals surface area (Å²) in [7, 11) is 0. The predicted molar refractivity (Wildman–Crippen MR) is 67.5 cm³/mol. The van der Waals surface area contributed by atoms with Crippen molar-refractivity contribution >= 4 is 5.91 Å². The van der Waals surface area contributed by atoms with Gasteiger partial charge in [0, 0.05) is 23.3 Å². The van der Waals surface area contributed by atoms with Crippen molar-refractivity contribution in [1.29, 1.82) is 0 Å². The first-order valence-corrected chi connectivity index (χ1v) is 5.61. The summed E-state index contributed by atoms with van der Waals surface area (Å²) in [6.45, 7) is 2.80. The molecule has 0 aromatic carbocycles. The fraction of sp³-hybridized carbons (Fsp3) is 0.455. The monoisotopic (exact) mass is 248 g/mol. The maximum absolute atomic E-state index is 11.4.